The number of hydrogen-bond donors (Lipinski definition) is 0. The second-order valence-electron chi connectivity index (χ2n) is 12.9. The molecule has 4 aromatic rings. The van der Waals surface area contributed by atoms with Crippen LogP contribution in [0.1, 0.15) is 35.6 Å². The van der Waals surface area contributed by atoms with Crippen LogP contribution >= 0.6 is 0 Å². The van der Waals surface area contributed by atoms with E-state index in [0.29, 0.717) is 44.8 Å². The van der Waals surface area contributed by atoms with Gasteiger partial charge in [0.25, 0.3) is 0 Å². The van der Waals surface area contributed by atoms with Gasteiger partial charge >= 0.3 is 0 Å². The van der Waals surface area contributed by atoms with Gasteiger partial charge < -0.3 is 19.3 Å². The highest BCUT2D eigenvalue weighted by molar-refractivity contribution is 7.89. The highest BCUT2D eigenvalue weighted by atomic mass is 32.2. The summed E-state index contributed by atoms with van der Waals surface area (Å²) in [5.74, 6) is 0.301. The molecule has 0 spiro atoms. The first-order valence-corrected chi connectivity index (χ1v) is 18.9. The molecule has 0 aromatic heterocycles. The third-order valence-electron chi connectivity index (χ3n) is 9.85. The molecular formula is C40H46N4O6S. The normalized spacial score (nSPS) is 17.4. The van der Waals surface area contributed by atoms with Gasteiger partial charge in [-0.05, 0) is 41.7 Å². The minimum absolute atomic E-state index is 0.000953. The number of rotatable bonds is 12. The average molecular weight is 711 g/mol. The van der Waals surface area contributed by atoms with Crippen LogP contribution in [-0.4, -0.2) is 105 Å². The van der Waals surface area contributed by atoms with E-state index in [2.05, 4.69) is 29.2 Å². The number of sulfonamides is 1. The number of methoxy groups -OCH3 is 2. The summed E-state index contributed by atoms with van der Waals surface area (Å²) in [4.78, 5) is 33.8. The predicted molar refractivity (Wildman–Crippen MR) is 196 cm³/mol. The second-order valence-corrected chi connectivity index (χ2v) is 14.8. The van der Waals surface area contributed by atoms with E-state index in [9.17, 15) is 18.0 Å². The summed E-state index contributed by atoms with van der Waals surface area (Å²) in [6, 6.07) is 34.0. The van der Waals surface area contributed by atoms with Gasteiger partial charge in [0.1, 0.15) is 6.04 Å². The van der Waals surface area contributed by atoms with Gasteiger partial charge in [0.15, 0.2) is 11.5 Å². The number of hydrogen-bond acceptors (Lipinski definition) is 7. The maximum atomic E-state index is 14.5. The molecule has 10 nitrogen and oxygen atoms in total. The highest BCUT2D eigenvalue weighted by Gasteiger charge is 2.43. The van der Waals surface area contributed by atoms with Crippen LogP contribution in [0.4, 0.5) is 0 Å². The monoisotopic (exact) mass is 710 g/mol. The minimum atomic E-state index is -4.15. The molecule has 268 valence electrons. The lowest BCUT2D eigenvalue weighted by molar-refractivity contribution is -0.142. The maximum Gasteiger partial charge on any atom is 0.244 e. The summed E-state index contributed by atoms with van der Waals surface area (Å²) in [5.41, 5.74) is 3.50. The fraction of sp³-hybridized carbons (Fsp3) is 0.350. The SMILES string of the molecule is COc1ccc(S(=O)(=O)N2CCN(C(=O)CCCc3ccccc3)C[C@H]2C(=O)N2CCN(C(c3ccccc3)c3ccccc3)CC2)cc1OC. The number of amides is 2. The molecule has 2 aliphatic heterocycles. The van der Waals surface area contributed by atoms with Gasteiger partial charge in [-0.15, -0.1) is 0 Å². The zero-order valence-corrected chi connectivity index (χ0v) is 30.1. The van der Waals surface area contributed by atoms with Crippen LogP contribution in [0.2, 0.25) is 0 Å². The molecule has 0 unspecified atom stereocenters. The first-order valence-electron chi connectivity index (χ1n) is 17.5. The van der Waals surface area contributed by atoms with Crippen molar-refractivity contribution in [3.63, 3.8) is 0 Å². The smallest absolute Gasteiger partial charge is 0.244 e. The Kier molecular flexibility index (Phi) is 11.7. The van der Waals surface area contributed by atoms with E-state index >= 15 is 0 Å². The molecule has 0 bridgehead atoms. The van der Waals surface area contributed by atoms with Gasteiger partial charge in [-0.2, -0.15) is 4.31 Å². The summed E-state index contributed by atoms with van der Waals surface area (Å²) < 4.78 is 40.5. The van der Waals surface area contributed by atoms with Gasteiger partial charge in [0.2, 0.25) is 21.8 Å². The van der Waals surface area contributed by atoms with Crippen LogP contribution in [0.25, 0.3) is 0 Å². The molecule has 51 heavy (non-hydrogen) atoms. The zero-order valence-electron chi connectivity index (χ0n) is 29.3. The van der Waals surface area contributed by atoms with Gasteiger partial charge in [-0.3, -0.25) is 14.5 Å². The quantitative estimate of drug-likeness (QED) is 0.207. The van der Waals surface area contributed by atoms with Crippen molar-refractivity contribution < 1.29 is 27.5 Å². The first kappa shape index (κ1) is 36.1. The topological polar surface area (TPSA) is 99.7 Å². The Balaban J connectivity index is 1.21. The molecule has 2 fully saturated rings. The molecular weight excluding hydrogens is 665 g/mol. The lowest BCUT2D eigenvalue weighted by atomic mass is 9.96. The maximum absolute atomic E-state index is 14.5. The molecule has 2 saturated heterocycles. The van der Waals surface area contributed by atoms with Crippen LogP contribution in [0.3, 0.4) is 0 Å². The summed E-state index contributed by atoms with van der Waals surface area (Å²) in [5, 5.41) is 0. The molecule has 6 rings (SSSR count). The number of carbonyl (C=O) groups is 2. The van der Waals surface area contributed by atoms with Crippen molar-refractivity contribution in [1.29, 1.82) is 0 Å². The minimum Gasteiger partial charge on any atom is -0.493 e. The van der Waals surface area contributed by atoms with E-state index in [4.69, 9.17) is 9.47 Å². The van der Waals surface area contributed by atoms with Crippen LogP contribution in [0.15, 0.2) is 114 Å². The largest absolute Gasteiger partial charge is 0.493 e. The fourth-order valence-electron chi connectivity index (χ4n) is 7.14. The number of nitrogens with zero attached hydrogens (tertiary/aromatic N) is 4. The van der Waals surface area contributed by atoms with Crippen molar-refractivity contribution in [3.8, 4) is 11.5 Å². The Hall–Kier alpha value is -4.71. The molecule has 1 atom stereocenters. The van der Waals surface area contributed by atoms with Crippen molar-refractivity contribution in [1.82, 2.24) is 19.0 Å². The number of piperazine rings is 2. The van der Waals surface area contributed by atoms with E-state index in [0.717, 1.165) is 12.0 Å². The summed E-state index contributed by atoms with van der Waals surface area (Å²) in [6.45, 7) is 2.27. The Morgan fingerprint density at radius 3 is 1.86 bits per heavy atom. The average Bonchev–Trinajstić information content (AvgIpc) is 3.18. The molecule has 0 aliphatic carbocycles. The number of benzene rings is 4. The summed E-state index contributed by atoms with van der Waals surface area (Å²) in [6.07, 6.45) is 1.74. The van der Waals surface area contributed by atoms with Crippen molar-refractivity contribution in [3.05, 3.63) is 126 Å². The van der Waals surface area contributed by atoms with Crippen molar-refractivity contribution in [2.24, 2.45) is 0 Å². The summed E-state index contributed by atoms with van der Waals surface area (Å²) >= 11 is 0. The van der Waals surface area contributed by atoms with Gasteiger partial charge in [0, 0.05) is 58.3 Å². The molecule has 0 N–H and O–H groups in total. The Morgan fingerprint density at radius 2 is 1.27 bits per heavy atom. The van der Waals surface area contributed by atoms with Crippen molar-refractivity contribution >= 4 is 21.8 Å². The van der Waals surface area contributed by atoms with E-state index in [1.165, 1.54) is 41.8 Å². The van der Waals surface area contributed by atoms with Crippen LogP contribution < -0.4 is 9.47 Å². The van der Waals surface area contributed by atoms with Gasteiger partial charge in [-0.1, -0.05) is 91.0 Å². The first-order chi connectivity index (χ1) is 24.8. The van der Waals surface area contributed by atoms with Gasteiger partial charge in [-0.25, -0.2) is 8.42 Å². The van der Waals surface area contributed by atoms with Gasteiger partial charge in [0.05, 0.1) is 25.2 Å². The van der Waals surface area contributed by atoms with Crippen LogP contribution in [-0.2, 0) is 26.0 Å². The molecule has 2 heterocycles. The molecule has 0 radical (unpaired) electrons. The third kappa shape index (κ3) is 8.27. The molecule has 2 aliphatic rings. The highest BCUT2D eigenvalue weighted by Crippen LogP contribution is 2.33. The molecule has 2 amide bonds. The van der Waals surface area contributed by atoms with Crippen molar-refractivity contribution in [2.75, 3.05) is 60.0 Å². The molecule has 4 aromatic carbocycles. The third-order valence-corrected chi connectivity index (χ3v) is 11.8. The number of ether oxygens (including phenoxy) is 2. The fourth-order valence-corrected chi connectivity index (χ4v) is 8.72. The zero-order chi connectivity index (χ0) is 35.8. The molecule has 11 heteroatoms. The van der Waals surface area contributed by atoms with Crippen molar-refractivity contribution in [2.45, 2.75) is 36.2 Å². The number of carbonyl (C=O) groups excluding carboxylic acids is 2. The Morgan fingerprint density at radius 1 is 0.706 bits per heavy atom. The molecule has 0 saturated carbocycles. The van der Waals surface area contributed by atoms with E-state index in [1.54, 1.807) is 15.9 Å². The van der Waals surface area contributed by atoms with Crippen LogP contribution in [0, 0.1) is 0 Å². The standard InChI is InChI=1S/C40H46N4O6S/c1-49-36-22-21-34(29-37(36)50-2)51(47,48)44-28-27-43(38(45)20-12-15-31-13-6-3-7-14-31)30-35(44)40(46)42-25-23-41(24-26-42)39(32-16-8-4-9-17-32)33-18-10-5-11-19-33/h3-11,13-14,16-19,21-22,29,35,39H,12,15,20,23-28,30H2,1-2H3/t35-/m0/s1. The lowest BCUT2D eigenvalue weighted by Crippen LogP contribution is -2.63. The van der Waals surface area contributed by atoms with E-state index < -0.39 is 16.1 Å². The van der Waals surface area contributed by atoms with E-state index in [1.807, 2.05) is 66.7 Å². The summed E-state index contributed by atoms with van der Waals surface area (Å²) in [7, 11) is -1.22. The number of aryl methyl sites for hydroxylation is 1. The predicted octanol–water partition coefficient (Wildman–Crippen LogP) is 4.86. The van der Waals surface area contributed by atoms with E-state index in [-0.39, 0.29) is 48.1 Å². The second kappa shape index (κ2) is 16.5. The Bertz CT molecular complexity index is 1830. The Labute approximate surface area is 301 Å². The van der Waals surface area contributed by atoms with Crippen LogP contribution in [0.5, 0.6) is 11.5 Å². The lowest BCUT2D eigenvalue weighted by Gasteiger charge is -2.44.